The molecule has 0 fully saturated rings. The van der Waals surface area contributed by atoms with Crippen molar-refractivity contribution in [2.75, 3.05) is 0 Å². The Labute approximate surface area is 107 Å². The van der Waals surface area contributed by atoms with E-state index < -0.39 is 0 Å². The minimum absolute atomic E-state index is 0.104. The van der Waals surface area contributed by atoms with Crippen molar-refractivity contribution in [3.8, 4) is 0 Å². The van der Waals surface area contributed by atoms with E-state index in [4.69, 9.17) is 5.73 Å². The molecule has 2 N–H and O–H groups in total. The maximum absolute atomic E-state index is 6.19. The number of rotatable bonds is 3. The highest BCUT2D eigenvalue weighted by molar-refractivity contribution is 14.1. The third-order valence-electron chi connectivity index (χ3n) is 2.34. The molecule has 0 bridgehead atoms. The standard InChI is InChI=1S/C12H12INS/c13-11-4-2-1-3-10(11)12(14)7-9-5-6-15-8-9/h1-6,8,12H,7,14H2. The summed E-state index contributed by atoms with van der Waals surface area (Å²) in [6.07, 6.45) is 0.920. The molecule has 0 saturated heterocycles. The Morgan fingerprint density at radius 1 is 1.27 bits per heavy atom. The van der Waals surface area contributed by atoms with Crippen molar-refractivity contribution < 1.29 is 0 Å². The van der Waals surface area contributed by atoms with Crippen molar-refractivity contribution in [1.82, 2.24) is 0 Å². The van der Waals surface area contributed by atoms with Crippen LogP contribution in [0.25, 0.3) is 0 Å². The van der Waals surface area contributed by atoms with Crippen LogP contribution in [-0.2, 0) is 6.42 Å². The van der Waals surface area contributed by atoms with Crippen molar-refractivity contribution in [3.05, 3.63) is 55.8 Å². The fourth-order valence-electron chi connectivity index (χ4n) is 1.55. The summed E-state index contributed by atoms with van der Waals surface area (Å²) < 4.78 is 1.25. The van der Waals surface area contributed by atoms with Crippen LogP contribution in [0.15, 0.2) is 41.1 Å². The molecular formula is C12H12INS. The molecule has 0 aliphatic heterocycles. The fraction of sp³-hybridized carbons (Fsp3) is 0.167. The Morgan fingerprint density at radius 2 is 2.07 bits per heavy atom. The van der Waals surface area contributed by atoms with Crippen LogP contribution in [0, 0.1) is 3.57 Å². The molecule has 0 amide bonds. The van der Waals surface area contributed by atoms with E-state index in [2.05, 4.69) is 51.6 Å². The molecule has 2 rings (SSSR count). The highest BCUT2D eigenvalue weighted by atomic mass is 127. The SMILES string of the molecule is NC(Cc1ccsc1)c1ccccc1I. The van der Waals surface area contributed by atoms with E-state index in [9.17, 15) is 0 Å². The number of halogens is 1. The van der Waals surface area contributed by atoms with E-state index in [1.807, 2.05) is 12.1 Å². The lowest BCUT2D eigenvalue weighted by Crippen LogP contribution is -2.14. The average molecular weight is 329 g/mol. The second-order valence-corrected chi connectivity index (χ2v) is 5.41. The lowest BCUT2D eigenvalue weighted by atomic mass is 10.0. The van der Waals surface area contributed by atoms with Crippen LogP contribution in [0.5, 0.6) is 0 Å². The van der Waals surface area contributed by atoms with Gasteiger partial charge in [0.1, 0.15) is 0 Å². The molecule has 1 aromatic carbocycles. The van der Waals surface area contributed by atoms with Crippen LogP contribution in [0.4, 0.5) is 0 Å². The first-order valence-corrected chi connectivity index (χ1v) is 6.80. The van der Waals surface area contributed by atoms with E-state index in [0.29, 0.717) is 0 Å². The van der Waals surface area contributed by atoms with Gasteiger partial charge in [-0.05, 0) is 63.0 Å². The van der Waals surface area contributed by atoms with Crippen LogP contribution in [-0.4, -0.2) is 0 Å². The number of hydrogen-bond acceptors (Lipinski definition) is 2. The van der Waals surface area contributed by atoms with Crippen molar-refractivity contribution >= 4 is 33.9 Å². The summed E-state index contributed by atoms with van der Waals surface area (Å²) in [5.74, 6) is 0. The largest absolute Gasteiger partial charge is 0.324 e. The first-order valence-electron chi connectivity index (χ1n) is 4.78. The lowest BCUT2D eigenvalue weighted by Gasteiger charge is -2.12. The highest BCUT2D eigenvalue weighted by Gasteiger charge is 2.09. The van der Waals surface area contributed by atoms with Gasteiger partial charge in [-0.25, -0.2) is 0 Å². The van der Waals surface area contributed by atoms with Gasteiger partial charge < -0.3 is 5.73 Å². The van der Waals surface area contributed by atoms with E-state index >= 15 is 0 Å². The minimum Gasteiger partial charge on any atom is -0.324 e. The predicted molar refractivity (Wildman–Crippen MR) is 74.1 cm³/mol. The zero-order valence-electron chi connectivity index (χ0n) is 8.19. The van der Waals surface area contributed by atoms with Crippen LogP contribution < -0.4 is 5.73 Å². The van der Waals surface area contributed by atoms with E-state index in [1.54, 1.807) is 11.3 Å². The molecule has 1 heterocycles. The van der Waals surface area contributed by atoms with Gasteiger partial charge in [-0.2, -0.15) is 11.3 Å². The Kier molecular flexibility index (Phi) is 3.77. The molecule has 2 aromatic rings. The minimum atomic E-state index is 0.104. The van der Waals surface area contributed by atoms with Crippen molar-refractivity contribution in [3.63, 3.8) is 0 Å². The summed E-state index contributed by atoms with van der Waals surface area (Å²) in [4.78, 5) is 0. The summed E-state index contributed by atoms with van der Waals surface area (Å²) in [6.45, 7) is 0. The number of thiophene rings is 1. The number of benzene rings is 1. The highest BCUT2D eigenvalue weighted by Crippen LogP contribution is 2.22. The Hall–Kier alpha value is -0.390. The van der Waals surface area contributed by atoms with Gasteiger partial charge in [0.05, 0.1) is 0 Å². The van der Waals surface area contributed by atoms with Crippen molar-refractivity contribution in [2.24, 2.45) is 5.73 Å². The smallest absolute Gasteiger partial charge is 0.0346 e. The molecular weight excluding hydrogens is 317 g/mol. The van der Waals surface area contributed by atoms with Gasteiger partial charge in [0.15, 0.2) is 0 Å². The number of nitrogens with two attached hydrogens (primary N) is 1. The van der Waals surface area contributed by atoms with Gasteiger partial charge >= 0.3 is 0 Å². The normalized spacial score (nSPS) is 12.7. The van der Waals surface area contributed by atoms with Gasteiger partial charge in [-0.1, -0.05) is 18.2 Å². The monoisotopic (exact) mass is 329 g/mol. The molecule has 0 aliphatic rings. The second kappa shape index (κ2) is 5.09. The molecule has 0 aliphatic carbocycles. The second-order valence-electron chi connectivity index (χ2n) is 3.46. The Morgan fingerprint density at radius 3 is 2.73 bits per heavy atom. The van der Waals surface area contributed by atoms with E-state index in [0.717, 1.165) is 6.42 Å². The Balaban J connectivity index is 2.15. The first-order chi connectivity index (χ1) is 7.27. The van der Waals surface area contributed by atoms with Gasteiger partial charge in [0.2, 0.25) is 0 Å². The van der Waals surface area contributed by atoms with Crippen molar-refractivity contribution in [1.29, 1.82) is 0 Å². The molecule has 0 radical (unpaired) electrons. The summed E-state index contributed by atoms with van der Waals surface area (Å²) in [6, 6.07) is 10.5. The quantitative estimate of drug-likeness (QED) is 0.856. The summed E-state index contributed by atoms with van der Waals surface area (Å²) >= 11 is 4.06. The predicted octanol–water partition coefficient (Wildman–Crippen LogP) is 3.60. The number of hydrogen-bond donors (Lipinski definition) is 1. The zero-order chi connectivity index (χ0) is 10.7. The third-order valence-corrected chi connectivity index (χ3v) is 4.05. The van der Waals surface area contributed by atoms with Crippen LogP contribution in [0.2, 0.25) is 0 Å². The zero-order valence-corrected chi connectivity index (χ0v) is 11.2. The molecule has 1 aromatic heterocycles. The maximum Gasteiger partial charge on any atom is 0.0346 e. The average Bonchev–Trinajstić information content (AvgIpc) is 2.71. The van der Waals surface area contributed by atoms with Crippen molar-refractivity contribution in [2.45, 2.75) is 12.5 Å². The first kappa shape index (κ1) is 11.1. The molecule has 0 spiro atoms. The van der Waals surface area contributed by atoms with Gasteiger partial charge in [-0.15, -0.1) is 0 Å². The molecule has 15 heavy (non-hydrogen) atoms. The fourth-order valence-corrected chi connectivity index (χ4v) is 3.02. The van der Waals surface area contributed by atoms with E-state index in [-0.39, 0.29) is 6.04 Å². The van der Waals surface area contributed by atoms with Gasteiger partial charge in [0.25, 0.3) is 0 Å². The van der Waals surface area contributed by atoms with Gasteiger partial charge in [-0.3, -0.25) is 0 Å². The van der Waals surface area contributed by atoms with Crippen LogP contribution >= 0.6 is 33.9 Å². The molecule has 3 heteroatoms. The maximum atomic E-state index is 6.19. The molecule has 1 atom stereocenters. The topological polar surface area (TPSA) is 26.0 Å². The molecule has 1 nitrogen and oxygen atoms in total. The Bertz CT molecular complexity index is 425. The van der Waals surface area contributed by atoms with E-state index in [1.165, 1.54) is 14.7 Å². The van der Waals surface area contributed by atoms with Crippen LogP contribution in [0.3, 0.4) is 0 Å². The summed E-state index contributed by atoms with van der Waals surface area (Å²) in [5, 5.41) is 4.26. The summed E-state index contributed by atoms with van der Waals surface area (Å²) in [7, 11) is 0. The van der Waals surface area contributed by atoms with Gasteiger partial charge in [0, 0.05) is 9.61 Å². The summed E-state index contributed by atoms with van der Waals surface area (Å²) in [5.41, 5.74) is 8.75. The lowest BCUT2D eigenvalue weighted by molar-refractivity contribution is 0.720. The molecule has 78 valence electrons. The third kappa shape index (κ3) is 2.80. The molecule has 1 unspecified atom stereocenters. The molecule has 0 saturated carbocycles. The van der Waals surface area contributed by atoms with Crippen LogP contribution in [0.1, 0.15) is 17.2 Å².